The first-order valence-electron chi connectivity index (χ1n) is 7.26. The van der Waals surface area contributed by atoms with Crippen molar-refractivity contribution in [3.63, 3.8) is 0 Å². The molecule has 1 saturated carbocycles. The molecule has 2 rings (SSSR count). The van der Waals surface area contributed by atoms with Crippen LogP contribution in [0.5, 0.6) is 0 Å². The first-order chi connectivity index (χ1) is 10.1. The van der Waals surface area contributed by atoms with E-state index in [1.165, 1.54) is 6.07 Å². The number of nitro groups is 1. The Kier molecular flexibility index (Phi) is 5.27. The van der Waals surface area contributed by atoms with Gasteiger partial charge in [0.05, 0.1) is 10.8 Å². The lowest BCUT2D eigenvalue weighted by Crippen LogP contribution is -2.36. The highest BCUT2D eigenvalue weighted by molar-refractivity contribution is 5.70. The van der Waals surface area contributed by atoms with Gasteiger partial charge in [0.15, 0.2) is 0 Å². The second-order valence-corrected chi connectivity index (χ2v) is 5.48. The molecular weight excluding hydrogens is 272 g/mol. The number of nitrogens with zero attached hydrogens (tertiary/aromatic N) is 1. The summed E-state index contributed by atoms with van der Waals surface area (Å²) in [5.74, 6) is -0.911. The summed E-state index contributed by atoms with van der Waals surface area (Å²) in [7, 11) is 0. The van der Waals surface area contributed by atoms with Crippen LogP contribution in [0.2, 0.25) is 0 Å². The highest BCUT2D eigenvalue weighted by Gasteiger charge is 2.25. The van der Waals surface area contributed by atoms with E-state index in [0.29, 0.717) is 31.8 Å². The number of nitrogens with one attached hydrogen (secondary N) is 1. The minimum atomic E-state index is -0.701. The van der Waals surface area contributed by atoms with Crippen LogP contribution in [0.4, 0.5) is 5.69 Å². The van der Waals surface area contributed by atoms with E-state index < -0.39 is 5.97 Å². The molecular formula is C15H20N2O4. The van der Waals surface area contributed by atoms with Crippen molar-refractivity contribution in [2.24, 2.45) is 5.92 Å². The Hall–Kier alpha value is -1.95. The summed E-state index contributed by atoms with van der Waals surface area (Å²) in [5, 5.41) is 23.2. The van der Waals surface area contributed by atoms with E-state index >= 15 is 0 Å². The molecule has 21 heavy (non-hydrogen) atoms. The highest BCUT2D eigenvalue weighted by Crippen LogP contribution is 2.24. The summed E-state index contributed by atoms with van der Waals surface area (Å²) in [6.07, 6.45) is 3.73. The zero-order valence-corrected chi connectivity index (χ0v) is 11.8. The normalized spacial score (nSPS) is 21.9. The number of hydrogen-bond acceptors (Lipinski definition) is 4. The van der Waals surface area contributed by atoms with Gasteiger partial charge in [-0.3, -0.25) is 14.9 Å². The Morgan fingerprint density at radius 2 is 1.95 bits per heavy atom. The van der Waals surface area contributed by atoms with Crippen molar-refractivity contribution in [1.82, 2.24) is 5.32 Å². The second kappa shape index (κ2) is 7.17. The molecule has 2 N–H and O–H groups in total. The maximum atomic E-state index is 10.9. The minimum absolute atomic E-state index is 0.161. The summed E-state index contributed by atoms with van der Waals surface area (Å²) in [4.78, 5) is 21.4. The molecule has 0 saturated heterocycles. The Bertz CT molecular complexity index is 510. The summed E-state index contributed by atoms with van der Waals surface area (Å²) in [6.45, 7) is 0.674. The maximum Gasteiger partial charge on any atom is 0.306 e. The lowest BCUT2D eigenvalue weighted by molar-refractivity contribution is -0.385. The molecule has 0 aromatic heterocycles. The molecule has 0 amide bonds. The number of carboxylic acids is 1. The number of para-hydroxylation sites is 1. The van der Waals surface area contributed by atoms with E-state index in [2.05, 4.69) is 5.32 Å². The largest absolute Gasteiger partial charge is 0.481 e. The van der Waals surface area contributed by atoms with Crippen LogP contribution in [0.1, 0.15) is 31.2 Å². The summed E-state index contributed by atoms with van der Waals surface area (Å²) >= 11 is 0. The number of rotatable bonds is 6. The number of carbonyl (C=O) groups is 1. The third kappa shape index (κ3) is 4.26. The van der Waals surface area contributed by atoms with Crippen molar-refractivity contribution in [3.8, 4) is 0 Å². The molecule has 6 nitrogen and oxygen atoms in total. The molecule has 0 heterocycles. The molecule has 0 bridgehead atoms. The standard InChI is InChI=1S/C15H20N2O4/c18-15(19)12-5-7-13(8-6-12)16-10-9-11-3-1-2-4-14(11)17(20)21/h1-4,12-13,16H,5-10H2,(H,18,19). The van der Waals surface area contributed by atoms with Crippen LogP contribution in [-0.4, -0.2) is 28.6 Å². The van der Waals surface area contributed by atoms with E-state index in [9.17, 15) is 14.9 Å². The number of aliphatic carboxylic acids is 1. The van der Waals surface area contributed by atoms with Gasteiger partial charge in [0, 0.05) is 17.7 Å². The molecule has 1 aromatic carbocycles. The van der Waals surface area contributed by atoms with Crippen molar-refractivity contribution in [2.45, 2.75) is 38.1 Å². The van der Waals surface area contributed by atoms with Gasteiger partial charge >= 0.3 is 5.97 Å². The van der Waals surface area contributed by atoms with Crippen LogP contribution in [0, 0.1) is 16.0 Å². The predicted octanol–water partition coefficient (Wildman–Crippen LogP) is 2.37. The Labute approximate surface area is 123 Å². The molecule has 1 fully saturated rings. The molecule has 1 aliphatic rings. The molecule has 0 spiro atoms. The van der Waals surface area contributed by atoms with Gasteiger partial charge in [-0.15, -0.1) is 0 Å². The maximum absolute atomic E-state index is 10.9. The van der Waals surface area contributed by atoms with Gasteiger partial charge in [-0.2, -0.15) is 0 Å². The van der Waals surface area contributed by atoms with Gasteiger partial charge in [0.25, 0.3) is 5.69 Å². The smallest absolute Gasteiger partial charge is 0.306 e. The quantitative estimate of drug-likeness (QED) is 0.620. The number of hydrogen-bond donors (Lipinski definition) is 2. The van der Waals surface area contributed by atoms with Crippen molar-refractivity contribution in [3.05, 3.63) is 39.9 Å². The fraction of sp³-hybridized carbons (Fsp3) is 0.533. The van der Waals surface area contributed by atoms with Gasteiger partial charge in [-0.1, -0.05) is 18.2 Å². The average molecular weight is 292 g/mol. The number of nitro benzene ring substituents is 1. The van der Waals surface area contributed by atoms with Crippen molar-refractivity contribution in [1.29, 1.82) is 0 Å². The van der Waals surface area contributed by atoms with Crippen LogP contribution in [0.25, 0.3) is 0 Å². The fourth-order valence-electron chi connectivity index (χ4n) is 2.86. The highest BCUT2D eigenvalue weighted by atomic mass is 16.6. The van der Waals surface area contributed by atoms with E-state index in [-0.39, 0.29) is 16.5 Å². The van der Waals surface area contributed by atoms with Gasteiger partial charge < -0.3 is 10.4 Å². The van der Waals surface area contributed by atoms with E-state index in [1.807, 2.05) is 0 Å². The average Bonchev–Trinajstić information content (AvgIpc) is 2.48. The SMILES string of the molecule is O=C(O)C1CCC(NCCc2ccccc2[N+](=O)[O-])CC1. The third-order valence-electron chi connectivity index (χ3n) is 4.09. The molecule has 1 aliphatic carbocycles. The van der Waals surface area contributed by atoms with Crippen molar-refractivity contribution < 1.29 is 14.8 Å². The lowest BCUT2D eigenvalue weighted by atomic mass is 9.86. The van der Waals surface area contributed by atoms with E-state index in [0.717, 1.165) is 18.4 Å². The third-order valence-corrected chi connectivity index (χ3v) is 4.09. The first kappa shape index (κ1) is 15.4. The predicted molar refractivity (Wildman–Crippen MR) is 78.2 cm³/mol. The zero-order valence-electron chi connectivity index (χ0n) is 11.8. The van der Waals surface area contributed by atoms with Crippen LogP contribution < -0.4 is 5.32 Å². The van der Waals surface area contributed by atoms with Crippen molar-refractivity contribution >= 4 is 11.7 Å². The summed E-state index contributed by atoms with van der Waals surface area (Å²) in [5.41, 5.74) is 0.892. The molecule has 0 unspecified atom stereocenters. The first-order valence-corrected chi connectivity index (χ1v) is 7.26. The fourth-order valence-corrected chi connectivity index (χ4v) is 2.86. The molecule has 6 heteroatoms. The van der Waals surface area contributed by atoms with Crippen LogP contribution in [0.3, 0.4) is 0 Å². The van der Waals surface area contributed by atoms with Crippen LogP contribution in [0.15, 0.2) is 24.3 Å². The number of benzene rings is 1. The Morgan fingerprint density at radius 3 is 2.57 bits per heavy atom. The minimum Gasteiger partial charge on any atom is -0.481 e. The van der Waals surface area contributed by atoms with Gasteiger partial charge in [0.1, 0.15) is 0 Å². The topological polar surface area (TPSA) is 92.5 Å². The Balaban J connectivity index is 1.78. The van der Waals surface area contributed by atoms with Crippen molar-refractivity contribution in [2.75, 3.05) is 6.54 Å². The molecule has 0 aliphatic heterocycles. The molecule has 0 atom stereocenters. The molecule has 114 valence electrons. The number of carboxylic acid groups (broad SMARTS) is 1. The van der Waals surface area contributed by atoms with Crippen LogP contribution >= 0.6 is 0 Å². The van der Waals surface area contributed by atoms with Gasteiger partial charge in [-0.05, 0) is 38.6 Å². The molecule has 0 radical (unpaired) electrons. The second-order valence-electron chi connectivity index (χ2n) is 5.48. The van der Waals surface area contributed by atoms with Gasteiger partial charge in [-0.25, -0.2) is 0 Å². The lowest BCUT2D eigenvalue weighted by Gasteiger charge is -2.26. The summed E-state index contributed by atoms with van der Waals surface area (Å²) in [6, 6.07) is 7.10. The summed E-state index contributed by atoms with van der Waals surface area (Å²) < 4.78 is 0. The monoisotopic (exact) mass is 292 g/mol. The van der Waals surface area contributed by atoms with Gasteiger partial charge in [0.2, 0.25) is 0 Å². The zero-order chi connectivity index (χ0) is 15.2. The van der Waals surface area contributed by atoms with E-state index in [1.54, 1.807) is 18.2 Å². The Morgan fingerprint density at radius 1 is 1.29 bits per heavy atom. The van der Waals surface area contributed by atoms with E-state index in [4.69, 9.17) is 5.11 Å². The molecule has 1 aromatic rings. The van der Waals surface area contributed by atoms with Crippen LogP contribution in [-0.2, 0) is 11.2 Å².